The summed E-state index contributed by atoms with van der Waals surface area (Å²) in [5.74, 6) is 0. The summed E-state index contributed by atoms with van der Waals surface area (Å²) in [6, 6.07) is 0. The zero-order valence-corrected chi connectivity index (χ0v) is 9.89. The number of hydrogen-bond donors (Lipinski definition) is 0. The largest absolute Gasteiger partial charge is 0 e. The fraction of sp³-hybridized carbons (Fsp3) is 0. The minimum atomic E-state index is 0. The van der Waals surface area contributed by atoms with Crippen molar-refractivity contribution in [2.75, 3.05) is 0 Å². The molecule has 0 rings (SSSR count). The summed E-state index contributed by atoms with van der Waals surface area (Å²) < 4.78 is 0. The average Bonchev–Trinajstić information content (AvgIpc) is 0. The molecule has 0 aliphatic rings. The summed E-state index contributed by atoms with van der Waals surface area (Å²) in [7, 11) is 0. The van der Waals surface area contributed by atoms with Crippen LogP contribution in [0.2, 0.25) is 0 Å². The smallest absolute Gasteiger partial charge is 0 e. The van der Waals surface area contributed by atoms with Crippen LogP contribution in [-0.2, 0) is 19.5 Å². The van der Waals surface area contributed by atoms with E-state index < -0.39 is 0 Å². The van der Waals surface area contributed by atoms with E-state index in [-0.39, 0.29) is 75.9 Å². The first-order chi connectivity index (χ1) is 0. The minimum Gasteiger partial charge on any atom is 0 e. The molecule has 0 heterocycles. The van der Waals surface area contributed by atoms with Crippen LogP contribution in [0, 0.1) is 0 Å². The third-order valence-electron chi connectivity index (χ3n) is 0. The van der Waals surface area contributed by atoms with E-state index in [1.807, 2.05) is 0 Å². The summed E-state index contributed by atoms with van der Waals surface area (Å²) >= 11 is 0. The standard InChI is InChI=1S/Mg.H2S.H2Se.Zn.2H/h;2*1H2;;;/q+2;;;;2*-1. The summed E-state index contributed by atoms with van der Waals surface area (Å²) in [4.78, 5) is 0. The van der Waals surface area contributed by atoms with Gasteiger partial charge in [-0.1, -0.05) is 0 Å². The van der Waals surface area contributed by atoms with Crippen molar-refractivity contribution < 1.29 is 22.3 Å². The predicted octanol–water partition coefficient (Wildman–Crippen LogP) is -0.962. The quantitative estimate of drug-likeness (QED) is 0.448. The van der Waals surface area contributed by atoms with Gasteiger partial charge in [0.25, 0.3) is 0 Å². The first kappa shape index (κ1) is 33.9. The normalized spacial score (nSPS) is 0. The van der Waals surface area contributed by atoms with Gasteiger partial charge in [-0.15, -0.1) is 0 Å². The van der Waals surface area contributed by atoms with Crippen molar-refractivity contribution in [3.8, 4) is 0 Å². The zero-order chi connectivity index (χ0) is 0. The molecule has 4 heteroatoms. The maximum atomic E-state index is 0. The van der Waals surface area contributed by atoms with Gasteiger partial charge in [0.2, 0.25) is 0 Å². The van der Waals surface area contributed by atoms with E-state index in [4.69, 9.17) is 0 Å². The van der Waals surface area contributed by atoms with E-state index in [1.165, 1.54) is 0 Å². The van der Waals surface area contributed by atoms with E-state index >= 15 is 0 Å². The summed E-state index contributed by atoms with van der Waals surface area (Å²) in [6.45, 7) is 0. The van der Waals surface area contributed by atoms with Crippen LogP contribution >= 0.6 is 13.5 Å². The molecule has 0 aromatic heterocycles. The molecule has 0 aliphatic carbocycles. The maximum absolute atomic E-state index is 0. The molecule has 0 nitrogen and oxygen atoms in total. The molecular weight excluding hydrogens is 201 g/mol. The second kappa shape index (κ2) is 18.7. The SMILES string of the molecule is S.[H-].[H-].[Mg+2].[SeH2].[Zn]. The zero-order valence-electron chi connectivity index (χ0n) is 4.41. The third-order valence-corrected chi connectivity index (χ3v) is 0. The van der Waals surface area contributed by atoms with Gasteiger partial charge in [0.05, 0.1) is 0 Å². The molecular formula is H6MgSSeZn. The Morgan fingerprint density at radius 3 is 1.25 bits per heavy atom. The molecule has 22 valence electrons. The Hall–Kier alpha value is 2.26. The van der Waals surface area contributed by atoms with Crippen LogP contribution in [0.4, 0.5) is 0 Å². The minimum absolute atomic E-state index is 0. The molecule has 0 aromatic rings. The van der Waals surface area contributed by atoms with Crippen molar-refractivity contribution in [2.24, 2.45) is 0 Å². The Morgan fingerprint density at radius 2 is 1.25 bits per heavy atom. The Bertz CT molecular complexity index is 13.5. The van der Waals surface area contributed by atoms with Crippen molar-refractivity contribution in [3.63, 3.8) is 0 Å². The molecule has 4 heavy (non-hydrogen) atoms. The van der Waals surface area contributed by atoms with Crippen LogP contribution in [0.3, 0.4) is 0 Å². The summed E-state index contributed by atoms with van der Waals surface area (Å²) in [5, 5.41) is 0. The topological polar surface area (TPSA) is 0 Å². The van der Waals surface area contributed by atoms with E-state index in [2.05, 4.69) is 0 Å². The van der Waals surface area contributed by atoms with E-state index in [0.717, 1.165) is 0 Å². The van der Waals surface area contributed by atoms with Crippen LogP contribution in [0.1, 0.15) is 2.85 Å². The maximum Gasteiger partial charge on any atom is 0 e. The van der Waals surface area contributed by atoms with Crippen LogP contribution in [-0.4, -0.2) is 40.1 Å². The Labute approximate surface area is 75.3 Å². The van der Waals surface area contributed by atoms with Gasteiger partial charge in [0, 0.05) is 19.5 Å². The van der Waals surface area contributed by atoms with Gasteiger partial charge in [-0.05, 0) is 0 Å². The molecule has 0 spiro atoms. The fourth-order valence-corrected chi connectivity index (χ4v) is 0. The fourth-order valence-electron chi connectivity index (χ4n) is 0. The summed E-state index contributed by atoms with van der Waals surface area (Å²) in [6.07, 6.45) is 0. The molecule has 0 saturated carbocycles. The second-order valence-electron chi connectivity index (χ2n) is 0. The molecule has 0 N–H and O–H groups in total. The van der Waals surface area contributed by atoms with Gasteiger partial charge < -0.3 is 2.85 Å². The van der Waals surface area contributed by atoms with Crippen LogP contribution in [0.15, 0.2) is 0 Å². The van der Waals surface area contributed by atoms with Gasteiger partial charge in [-0.3, -0.25) is 0 Å². The summed E-state index contributed by atoms with van der Waals surface area (Å²) in [5.41, 5.74) is 0. The Balaban J connectivity index is 0. The Morgan fingerprint density at radius 1 is 1.25 bits per heavy atom. The Kier molecular flexibility index (Phi) is 159. The van der Waals surface area contributed by atoms with Gasteiger partial charge >= 0.3 is 40.1 Å². The van der Waals surface area contributed by atoms with Gasteiger partial charge in [0.1, 0.15) is 0 Å². The molecule has 0 radical (unpaired) electrons. The second-order valence-corrected chi connectivity index (χ2v) is 0. The first-order valence-corrected chi connectivity index (χ1v) is 0. The van der Waals surface area contributed by atoms with E-state index in [0.29, 0.717) is 0 Å². The van der Waals surface area contributed by atoms with Gasteiger partial charge in [-0.25, -0.2) is 0 Å². The molecule has 0 aromatic carbocycles. The van der Waals surface area contributed by atoms with Crippen molar-refractivity contribution in [1.82, 2.24) is 0 Å². The number of rotatable bonds is 0. The first-order valence-electron chi connectivity index (χ1n) is 0. The monoisotopic (exact) mass is 206 g/mol. The third kappa shape index (κ3) is 8.86. The average molecular weight is 207 g/mol. The van der Waals surface area contributed by atoms with Crippen molar-refractivity contribution in [3.05, 3.63) is 0 Å². The van der Waals surface area contributed by atoms with Crippen molar-refractivity contribution in [1.29, 1.82) is 0 Å². The molecule has 0 bridgehead atoms. The molecule has 0 unspecified atom stereocenters. The van der Waals surface area contributed by atoms with Gasteiger partial charge in [-0.2, -0.15) is 13.5 Å². The van der Waals surface area contributed by atoms with Crippen molar-refractivity contribution >= 4 is 53.6 Å². The predicted molar refractivity (Wildman–Crippen MR) is 26.9 cm³/mol. The van der Waals surface area contributed by atoms with E-state index in [1.54, 1.807) is 0 Å². The number of hydrogen-bond acceptors (Lipinski definition) is 0. The van der Waals surface area contributed by atoms with Crippen LogP contribution in [0.25, 0.3) is 0 Å². The molecule has 0 aliphatic heterocycles. The molecule has 0 atom stereocenters. The van der Waals surface area contributed by atoms with E-state index in [9.17, 15) is 0 Å². The van der Waals surface area contributed by atoms with Crippen molar-refractivity contribution in [2.45, 2.75) is 0 Å². The van der Waals surface area contributed by atoms with Crippen LogP contribution in [0.5, 0.6) is 0 Å². The molecule has 0 saturated heterocycles. The van der Waals surface area contributed by atoms with Gasteiger partial charge in [0.15, 0.2) is 0 Å². The molecule has 0 fully saturated rings. The van der Waals surface area contributed by atoms with Crippen LogP contribution < -0.4 is 0 Å². The molecule has 0 amide bonds.